The lowest BCUT2D eigenvalue weighted by molar-refractivity contribution is 0.146. The first-order valence-corrected chi connectivity index (χ1v) is 8.18. The summed E-state index contributed by atoms with van der Waals surface area (Å²) in [7, 11) is 0. The molecule has 0 aromatic heterocycles. The summed E-state index contributed by atoms with van der Waals surface area (Å²) in [5, 5.41) is 11.5. The number of phenolic OH excluding ortho intramolecular Hbond substituents is 1. The number of phenols is 1. The molecule has 126 valence electrons. The molecule has 2 heterocycles. The maximum absolute atomic E-state index is 9.33. The minimum atomic E-state index is 0.286. The molecule has 0 radical (unpaired) electrons. The van der Waals surface area contributed by atoms with Gasteiger partial charge < -0.3 is 20.0 Å². The lowest BCUT2D eigenvalue weighted by Crippen LogP contribution is -2.48. The van der Waals surface area contributed by atoms with E-state index in [0.29, 0.717) is 6.79 Å². The van der Waals surface area contributed by atoms with Gasteiger partial charge in [-0.25, -0.2) is 5.01 Å². The number of rotatable bonds is 4. The van der Waals surface area contributed by atoms with Gasteiger partial charge in [-0.2, -0.15) is 0 Å². The predicted octanol–water partition coefficient (Wildman–Crippen LogP) is 2.27. The summed E-state index contributed by atoms with van der Waals surface area (Å²) < 4.78 is 10.8. The number of nitrogens with zero attached hydrogens (tertiary/aromatic N) is 2. The third kappa shape index (κ3) is 3.39. The molecule has 0 amide bonds. The fourth-order valence-electron chi connectivity index (χ4n) is 3.03. The van der Waals surface area contributed by atoms with E-state index in [1.165, 1.54) is 5.56 Å². The molecule has 6 nitrogen and oxygen atoms in total. The molecule has 0 spiro atoms. The van der Waals surface area contributed by atoms with Crippen LogP contribution in [-0.2, 0) is 6.54 Å². The van der Waals surface area contributed by atoms with E-state index in [1.807, 2.05) is 18.2 Å². The van der Waals surface area contributed by atoms with Gasteiger partial charge in [0.2, 0.25) is 6.79 Å². The summed E-state index contributed by atoms with van der Waals surface area (Å²) in [6, 6.07) is 13.3. The normalized spacial score (nSPS) is 17.8. The van der Waals surface area contributed by atoms with Crippen molar-refractivity contribution in [2.45, 2.75) is 6.54 Å². The first-order valence-electron chi connectivity index (χ1n) is 8.18. The maximum Gasteiger partial charge on any atom is 0.231 e. The van der Waals surface area contributed by atoms with E-state index in [1.54, 1.807) is 12.1 Å². The molecule has 6 heteroatoms. The van der Waals surface area contributed by atoms with Crippen LogP contribution in [0.5, 0.6) is 17.2 Å². The molecule has 0 atom stereocenters. The van der Waals surface area contributed by atoms with Crippen LogP contribution in [0, 0.1) is 0 Å². The van der Waals surface area contributed by atoms with E-state index in [2.05, 4.69) is 27.5 Å². The lowest BCUT2D eigenvalue weighted by Gasteiger charge is -2.35. The molecule has 2 N–H and O–H groups in total. The van der Waals surface area contributed by atoms with E-state index in [4.69, 9.17) is 9.47 Å². The Morgan fingerprint density at radius 2 is 1.67 bits per heavy atom. The number of fused-ring (bicyclic) bond motifs is 1. The molecular weight excluding hydrogens is 306 g/mol. The number of nitrogens with one attached hydrogen (secondary N) is 1. The minimum Gasteiger partial charge on any atom is -0.508 e. The van der Waals surface area contributed by atoms with Crippen LogP contribution in [0.3, 0.4) is 0 Å². The molecule has 0 unspecified atom stereocenters. The fourth-order valence-corrected chi connectivity index (χ4v) is 3.03. The average Bonchev–Trinajstić information content (AvgIpc) is 3.06. The zero-order valence-corrected chi connectivity index (χ0v) is 13.4. The highest BCUT2D eigenvalue weighted by Crippen LogP contribution is 2.32. The summed E-state index contributed by atoms with van der Waals surface area (Å²) in [6.07, 6.45) is 0. The van der Waals surface area contributed by atoms with Crippen molar-refractivity contribution in [3.63, 3.8) is 0 Å². The molecule has 1 saturated heterocycles. The number of hydrogen-bond acceptors (Lipinski definition) is 6. The van der Waals surface area contributed by atoms with Crippen molar-refractivity contribution in [3.8, 4) is 17.2 Å². The van der Waals surface area contributed by atoms with Gasteiger partial charge in [0.25, 0.3) is 0 Å². The number of hydrogen-bond donors (Lipinski definition) is 2. The van der Waals surface area contributed by atoms with E-state index >= 15 is 0 Å². The zero-order chi connectivity index (χ0) is 16.4. The number of aromatic hydroxyl groups is 1. The molecule has 2 aliphatic heterocycles. The van der Waals surface area contributed by atoms with Crippen LogP contribution in [0.25, 0.3) is 0 Å². The summed E-state index contributed by atoms with van der Waals surface area (Å²) in [5.41, 5.74) is 5.63. The van der Waals surface area contributed by atoms with Crippen LogP contribution in [0.15, 0.2) is 42.5 Å². The van der Waals surface area contributed by atoms with Gasteiger partial charge in [0, 0.05) is 38.4 Å². The van der Waals surface area contributed by atoms with E-state index < -0.39 is 0 Å². The molecule has 2 aromatic carbocycles. The standard InChI is InChI=1S/C18H21N3O3/c22-16-4-2-15(3-5-16)19-21-9-7-20(8-10-21)12-14-1-6-17-18(11-14)24-13-23-17/h1-6,11,19,22H,7-10,12-13H2. The molecule has 0 bridgehead atoms. The van der Waals surface area contributed by atoms with Crippen LogP contribution in [0.2, 0.25) is 0 Å². The predicted molar refractivity (Wildman–Crippen MR) is 91.1 cm³/mol. The number of benzene rings is 2. The topological polar surface area (TPSA) is 57.2 Å². The zero-order valence-electron chi connectivity index (χ0n) is 13.4. The largest absolute Gasteiger partial charge is 0.508 e. The van der Waals surface area contributed by atoms with Crippen molar-refractivity contribution in [1.29, 1.82) is 0 Å². The fraction of sp³-hybridized carbons (Fsp3) is 0.333. The van der Waals surface area contributed by atoms with Crippen LogP contribution in [-0.4, -0.2) is 48.0 Å². The van der Waals surface area contributed by atoms with Gasteiger partial charge in [-0.3, -0.25) is 4.90 Å². The van der Waals surface area contributed by atoms with Crippen molar-refractivity contribution in [2.75, 3.05) is 38.4 Å². The molecule has 1 fully saturated rings. The van der Waals surface area contributed by atoms with Crippen LogP contribution >= 0.6 is 0 Å². The number of anilines is 1. The van der Waals surface area contributed by atoms with Gasteiger partial charge in [-0.15, -0.1) is 0 Å². The van der Waals surface area contributed by atoms with Gasteiger partial charge in [-0.1, -0.05) is 6.07 Å². The molecule has 24 heavy (non-hydrogen) atoms. The Kier molecular flexibility index (Phi) is 4.15. The highest BCUT2D eigenvalue weighted by atomic mass is 16.7. The van der Waals surface area contributed by atoms with Gasteiger partial charge in [0.1, 0.15) is 5.75 Å². The molecule has 2 aliphatic rings. The monoisotopic (exact) mass is 327 g/mol. The SMILES string of the molecule is Oc1ccc(NN2CCN(Cc3ccc4c(c3)OCO4)CC2)cc1. The molecule has 4 rings (SSSR count). The maximum atomic E-state index is 9.33. The molecule has 0 aliphatic carbocycles. The van der Waals surface area contributed by atoms with Crippen molar-refractivity contribution >= 4 is 5.69 Å². The van der Waals surface area contributed by atoms with Gasteiger partial charge >= 0.3 is 0 Å². The minimum absolute atomic E-state index is 0.286. The number of hydrazine groups is 1. The Hall–Kier alpha value is -2.44. The first-order chi connectivity index (χ1) is 11.8. The number of ether oxygens (including phenoxy) is 2. The summed E-state index contributed by atoms with van der Waals surface area (Å²) in [4.78, 5) is 2.44. The van der Waals surface area contributed by atoms with Gasteiger partial charge in [-0.05, 0) is 42.0 Å². The molecular formula is C18H21N3O3. The Bertz CT molecular complexity index is 697. The average molecular weight is 327 g/mol. The molecule has 2 aromatic rings. The molecule has 0 saturated carbocycles. The van der Waals surface area contributed by atoms with Crippen molar-refractivity contribution in [1.82, 2.24) is 9.91 Å². The second kappa shape index (κ2) is 6.59. The Morgan fingerprint density at radius 3 is 2.46 bits per heavy atom. The third-order valence-corrected chi connectivity index (χ3v) is 4.37. The third-order valence-electron chi connectivity index (χ3n) is 4.37. The lowest BCUT2D eigenvalue weighted by atomic mass is 10.2. The Labute approximate surface area is 141 Å². The van der Waals surface area contributed by atoms with E-state index in [0.717, 1.165) is 49.9 Å². The van der Waals surface area contributed by atoms with Crippen molar-refractivity contribution < 1.29 is 14.6 Å². The second-order valence-corrected chi connectivity index (χ2v) is 6.11. The Balaban J connectivity index is 1.29. The van der Waals surface area contributed by atoms with Gasteiger partial charge in [0.15, 0.2) is 11.5 Å². The van der Waals surface area contributed by atoms with Crippen LogP contribution in [0.4, 0.5) is 5.69 Å². The summed E-state index contributed by atoms with van der Waals surface area (Å²) >= 11 is 0. The Morgan fingerprint density at radius 1 is 0.917 bits per heavy atom. The van der Waals surface area contributed by atoms with Crippen LogP contribution in [0.1, 0.15) is 5.56 Å². The first kappa shape index (κ1) is 15.1. The van der Waals surface area contributed by atoms with E-state index in [9.17, 15) is 5.11 Å². The van der Waals surface area contributed by atoms with Gasteiger partial charge in [0.05, 0.1) is 0 Å². The summed E-state index contributed by atoms with van der Waals surface area (Å²) in [5.74, 6) is 1.97. The highest BCUT2D eigenvalue weighted by Gasteiger charge is 2.19. The van der Waals surface area contributed by atoms with Crippen molar-refractivity contribution in [2.24, 2.45) is 0 Å². The van der Waals surface area contributed by atoms with E-state index in [-0.39, 0.29) is 5.75 Å². The number of piperazine rings is 1. The summed E-state index contributed by atoms with van der Waals surface area (Å²) in [6.45, 7) is 5.14. The quantitative estimate of drug-likeness (QED) is 0.840. The highest BCUT2D eigenvalue weighted by molar-refractivity contribution is 5.45. The smallest absolute Gasteiger partial charge is 0.231 e. The second-order valence-electron chi connectivity index (χ2n) is 6.11. The van der Waals surface area contributed by atoms with Crippen LogP contribution < -0.4 is 14.9 Å². The van der Waals surface area contributed by atoms with Crippen molar-refractivity contribution in [3.05, 3.63) is 48.0 Å².